The van der Waals surface area contributed by atoms with Crippen LogP contribution in [0.15, 0.2) is 6.07 Å². The molecule has 1 amide bonds. The summed E-state index contributed by atoms with van der Waals surface area (Å²) in [4.78, 5) is 27.7. The summed E-state index contributed by atoms with van der Waals surface area (Å²) in [7, 11) is 0. The Hall–Kier alpha value is -2.22. The minimum Gasteiger partial charge on any atom is -0.480 e. The van der Waals surface area contributed by atoms with Gasteiger partial charge in [-0.05, 0) is 31.9 Å². The molecule has 1 atom stereocenters. The summed E-state index contributed by atoms with van der Waals surface area (Å²) in [6.07, 6.45) is 1.93. The van der Waals surface area contributed by atoms with Crippen LogP contribution < -0.4 is 0 Å². The Bertz CT molecular complexity index is 795. The van der Waals surface area contributed by atoms with Crippen molar-refractivity contribution in [2.24, 2.45) is 0 Å². The number of thiophene rings is 1. The van der Waals surface area contributed by atoms with Crippen molar-refractivity contribution < 1.29 is 14.7 Å². The quantitative estimate of drug-likeness (QED) is 0.913. The van der Waals surface area contributed by atoms with E-state index in [0.29, 0.717) is 16.5 Å². The van der Waals surface area contributed by atoms with Gasteiger partial charge in [0, 0.05) is 4.88 Å². The van der Waals surface area contributed by atoms with Crippen LogP contribution in [0.2, 0.25) is 0 Å². The summed E-state index contributed by atoms with van der Waals surface area (Å²) < 4.78 is 1.77. The van der Waals surface area contributed by atoms with Gasteiger partial charge in [-0.2, -0.15) is 0 Å². The van der Waals surface area contributed by atoms with E-state index >= 15 is 0 Å². The molecule has 0 radical (unpaired) electrons. The van der Waals surface area contributed by atoms with Crippen LogP contribution >= 0.6 is 11.3 Å². The highest BCUT2D eigenvalue weighted by Crippen LogP contribution is 2.27. The van der Waals surface area contributed by atoms with Crippen molar-refractivity contribution in [2.45, 2.75) is 52.7 Å². The van der Waals surface area contributed by atoms with Crippen LogP contribution in [0.1, 0.15) is 45.1 Å². The predicted octanol–water partition coefficient (Wildman–Crippen LogP) is 2.02. The molecular formula is C16H20N4O3S. The second kappa shape index (κ2) is 6.35. The molecule has 2 aromatic heterocycles. The number of carbonyl (C=O) groups excluding carboxylic acids is 1. The Labute approximate surface area is 143 Å². The van der Waals surface area contributed by atoms with Crippen molar-refractivity contribution >= 4 is 23.2 Å². The van der Waals surface area contributed by atoms with E-state index in [1.54, 1.807) is 11.5 Å². The second-order valence-corrected chi connectivity index (χ2v) is 7.26. The first-order valence-corrected chi connectivity index (χ1v) is 8.75. The lowest BCUT2D eigenvalue weighted by Crippen LogP contribution is -2.50. The van der Waals surface area contributed by atoms with Gasteiger partial charge in [0.2, 0.25) is 0 Å². The number of carboxylic acid groups (broad SMARTS) is 1. The van der Waals surface area contributed by atoms with Gasteiger partial charge in [-0.1, -0.05) is 13.3 Å². The Morgan fingerprint density at radius 3 is 2.79 bits per heavy atom. The molecule has 2 aromatic rings. The van der Waals surface area contributed by atoms with E-state index in [2.05, 4.69) is 17.1 Å². The zero-order valence-corrected chi connectivity index (χ0v) is 14.8. The molecular weight excluding hydrogens is 328 g/mol. The number of carbonyl (C=O) groups is 2. The molecule has 24 heavy (non-hydrogen) atoms. The third-order valence-electron chi connectivity index (χ3n) is 4.35. The summed E-state index contributed by atoms with van der Waals surface area (Å²) in [5.41, 5.74) is 1.16. The number of aryl methyl sites for hydroxylation is 3. The van der Waals surface area contributed by atoms with Crippen molar-refractivity contribution in [2.75, 3.05) is 0 Å². The summed E-state index contributed by atoms with van der Waals surface area (Å²) in [6.45, 7) is 6.22. The van der Waals surface area contributed by atoms with Crippen LogP contribution in [-0.4, -0.2) is 42.7 Å². The minimum absolute atomic E-state index is 0.163. The van der Waals surface area contributed by atoms with Gasteiger partial charge in [-0.25, -0.2) is 4.79 Å². The molecule has 128 valence electrons. The predicted molar refractivity (Wildman–Crippen MR) is 89.1 cm³/mol. The molecule has 3 rings (SSSR count). The summed E-state index contributed by atoms with van der Waals surface area (Å²) in [5, 5.41) is 17.6. The fourth-order valence-electron chi connectivity index (χ4n) is 3.02. The zero-order valence-electron chi connectivity index (χ0n) is 13.9. The number of fused-ring (bicyclic) bond motifs is 1. The lowest BCUT2D eigenvalue weighted by molar-refractivity contribution is -0.143. The molecule has 8 heteroatoms. The van der Waals surface area contributed by atoms with Crippen molar-refractivity contribution in [3.8, 4) is 0 Å². The molecule has 1 aliphatic rings. The zero-order chi connectivity index (χ0) is 17.4. The average Bonchev–Trinajstić information content (AvgIpc) is 3.09. The maximum absolute atomic E-state index is 12.9. The van der Waals surface area contributed by atoms with E-state index in [0.717, 1.165) is 23.3 Å². The van der Waals surface area contributed by atoms with E-state index in [1.807, 2.05) is 13.0 Å². The SMILES string of the molecule is CCCc1cc(C(=O)N2Cc3nnc(C)n3CC2C(=O)O)sc1C. The molecule has 0 aromatic carbocycles. The summed E-state index contributed by atoms with van der Waals surface area (Å²) >= 11 is 1.43. The number of aromatic nitrogens is 3. The monoisotopic (exact) mass is 348 g/mol. The van der Waals surface area contributed by atoms with Crippen LogP contribution in [0.4, 0.5) is 0 Å². The normalized spacial score (nSPS) is 17.0. The number of nitrogens with zero attached hydrogens (tertiary/aromatic N) is 4. The fraction of sp³-hybridized carbons (Fsp3) is 0.500. The lowest BCUT2D eigenvalue weighted by atomic mass is 10.1. The van der Waals surface area contributed by atoms with E-state index in [-0.39, 0.29) is 19.0 Å². The number of aliphatic carboxylic acids is 1. The molecule has 1 unspecified atom stereocenters. The van der Waals surface area contributed by atoms with Crippen LogP contribution in [0.25, 0.3) is 0 Å². The molecule has 1 aliphatic heterocycles. The average molecular weight is 348 g/mol. The highest BCUT2D eigenvalue weighted by molar-refractivity contribution is 7.14. The summed E-state index contributed by atoms with van der Waals surface area (Å²) in [5.74, 6) is 0.0369. The molecule has 0 saturated carbocycles. The number of hydrogen-bond donors (Lipinski definition) is 1. The maximum Gasteiger partial charge on any atom is 0.328 e. The second-order valence-electron chi connectivity index (χ2n) is 6.00. The van der Waals surface area contributed by atoms with E-state index in [4.69, 9.17) is 0 Å². The van der Waals surface area contributed by atoms with Crippen LogP contribution in [0.3, 0.4) is 0 Å². The van der Waals surface area contributed by atoms with Crippen molar-refractivity contribution in [3.63, 3.8) is 0 Å². The highest BCUT2D eigenvalue weighted by Gasteiger charge is 2.37. The molecule has 1 N–H and O–H groups in total. The Balaban J connectivity index is 1.92. The number of hydrogen-bond acceptors (Lipinski definition) is 5. The molecule has 7 nitrogen and oxygen atoms in total. The molecule has 0 fully saturated rings. The third-order valence-corrected chi connectivity index (χ3v) is 5.43. The van der Waals surface area contributed by atoms with Gasteiger partial charge in [-0.15, -0.1) is 21.5 Å². The molecule has 3 heterocycles. The van der Waals surface area contributed by atoms with Crippen molar-refractivity contribution in [1.82, 2.24) is 19.7 Å². The van der Waals surface area contributed by atoms with Gasteiger partial charge in [0.1, 0.15) is 11.9 Å². The van der Waals surface area contributed by atoms with E-state index in [1.165, 1.54) is 16.2 Å². The molecule has 0 bridgehead atoms. The molecule has 0 spiro atoms. The van der Waals surface area contributed by atoms with E-state index < -0.39 is 12.0 Å². The first-order valence-electron chi connectivity index (χ1n) is 7.94. The number of carboxylic acids is 1. The fourth-order valence-corrected chi connectivity index (χ4v) is 4.05. The lowest BCUT2D eigenvalue weighted by Gasteiger charge is -2.33. The van der Waals surface area contributed by atoms with Gasteiger partial charge in [0.25, 0.3) is 5.91 Å². The first-order chi connectivity index (χ1) is 11.4. The summed E-state index contributed by atoms with van der Waals surface area (Å²) in [6, 6.07) is 0.992. The van der Waals surface area contributed by atoms with Gasteiger partial charge in [0.05, 0.1) is 18.0 Å². The standard InChI is InChI=1S/C16H20N4O3S/c1-4-5-11-6-13(24-9(11)2)15(21)20-8-14-18-17-10(3)19(14)7-12(20)16(22)23/h6,12H,4-5,7-8H2,1-3H3,(H,22,23). The Morgan fingerprint density at radius 1 is 1.38 bits per heavy atom. The first kappa shape index (κ1) is 16.6. The number of amides is 1. The molecule has 0 saturated heterocycles. The van der Waals surface area contributed by atoms with E-state index in [9.17, 15) is 14.7 Å². The smallest absolute Gasteiger partial charge is 0.328 e. The minimum atomic E-state index is -1.01. The van der Waals surface area contributed by atoms with Gasteiger partial charge in [-0.3, -0.25) is 4.79 Å². The largest absolute Gasteiger partial charge is 0.480 e. The Kier molecular flexibility index (Phi) is 4.40. The number of rotatable bonds is 4. The third kappa shape index (κ3) is 2.82. The van der Waals surface area contributed by atoms with Gasteiger partial charge >= 0.3 is 5.97 Å². The highest BCUT2D eigenvalue weighted by atomic mass is 32.1. The van der Waals surface area contributed by atoms with Crippen LogP contribution in [0.5, 0.6) is 0 Å². The Morgan fingerprint density at radius 2 is 2.12 bits per heavy atom. The van der Waals surface area contributed by atoms with Gasteiger partial charge in [0.15, 0.2) is 5.82 Å². The van der Waals surface area contributed by atoms with Crippen LogP contribution in [-0.2, 0) is 24.3 Å². The topological polar surface area (TPSA) is 88.3 Å². The van der Waals surface area contributed by atoms with Gasteiger partial charge < -0.3 is 14.6 Å². The van der Waals surface area contributed by atoms with Crippen LogP contribution in [0, 0.1) is 13.8 Å². The molecule has 0 aliphatic carbocycles. The van der Waals surface area contributed by atoms with Crippen molar-refractivity contribution in [1.29, 1.82) is 0 Å². The maximum atomic E-state index is 12.9. The van der Waals surface area contributed by atoms with Crippen molar-refractivity contribution in [3.05, 3.63) is 33.0 Å².